The summed E-state index contributed by atoms with van der Waals surface area (Å²) in [6, 6.07) is 8.92. The summed E-state index contributed by atoms with van der Waals surface area (Å²) in [6.07, 6.45) is 8.46. The van der Waals surface area contributed by atoms with E-state index in [1.54, 1.807) is 0 Å². The van der Waals surface area contributed by atoms with Gasteiger partial charge in [-0.15, -0.1) is 0 Å². The molecule has 4 aliphatic rings. The zero-order chi connectivity index (χ0) is 13.7. The van der Waals surface area contributed by atoms with Crippen LogP contribution in [-0.4, -0.2) is 6.04 Å². The van der Waals surface area contributed by atoms with Crippen LogP contribution in [0.2, 0.25) is 0 Å². The highest BCUT2D eigenvalue weighted by molar-refractivity contribution is 9.10. The number of benzene rings is 1. The number of halogens is 1. The predicted molar refractivity (Wildman–Crippen MR) is 86.4 cm³/mol. The van der Waals surface area contributed by atoms with Crippen molar-refractivity contribution in [2.24, 2.45) is 35.3 Å². The third kappa shape index (κ3) is 2.25. The minimum atomic E-state index is 0.351. The molecule has 1 aromatic carbocycles. The van der Waals surface area contributed by atoms with Crippen molar-refractivity contribution in [2.45, 2.75) is 44.6 Å². The number of hydrogen-bond acceptors (Lipinski definition) is 1. The second-order valence-corrected chi connectivity index (χ2v) is 8.32. The minimum absolute atomic E-state index is 0.351. The van der Waals surface area contributed by atoms with E-state index in [0.717, 1.165) is 36.0 Å². The molecular weight excluding hydrogens is 310 g/mol. The first-order valence-electron chi connectivity index (χ1n) is 8.19. The van der Waals surface area contributed by atoms with Crippen LogP contribution in [0.15, 0.2) is 28.7 Å². The molecule has 5 rings (SSSR count). The highest BCUT2D eigenvalue weighted by atomic mass is 79.9. The van der Waals surface area contributed by atoms with Crippen molar-refractivity contribution in [3.8, 4) is 0 Å². The maximum Gasteiger partial charge on any atom is 0.0207 e. The Labute approximate surface area is 130 Å². The van der Waals surface area contributed by atoms with E-state index in [4.69, 9.17) is 5.73 Å². The van der Waals surface area contributed by atoms with Gasteiger partial charge in [-0.25, -0.2) is 0 Å². The first-order valence-corrected chi connectivity index (χ1v) is 8.99. The van der Waals surface area contributed by atoms with Crippen molar-refractivity contribution < 1.29 is 0 Å². The van der Waals surface area contributed by atoms with Crippen LogP contribution < -0.4 is 5.73 Å². The Kier molecular flexibility index (Phi) is 3.42. The Bertz CT molecular complexity index is 470. The Morgan fingerprint density at radius 3 is 2.20 bits per heavy atom. The molecule has 4 saturated carbocycles. The maximum absolute atomic E-state index is 6.68. The summed E-state index contributed by atoms with van der Waals surface area (Å²) in [5.41, 5.74) is 8.06. The SMILES string of the molecule is NC(Cc1ccccc1Br)C1C2CC3CC(C2)CC1C3. The largest absolute Gasteiger partial charge is 0.327 e. The van der Waals surface area contributed by atoms with Gasteiger partial charge in [-0.3, -0.25) is 0 Å². The van der Waals surface area contributed by atoms with Crippen LogP contribution >= 0.6 is 15.9 Å². The van der Waals surface area contributed by atoms with Gasteiger partial charge in [-0.1, -0.05) is 34.1 Å². The van der Waals surface area contributed by atoms with Crippen molar-refractivity contribution in [1.29, 1.82) is 0 Å². The van der Waals surface area contributed by atoms with Gasteiger partial charge in [-0.05, 0) is 79.7 Å². The van der Waals surface area contributed by atoms with Crippen LogP contribution in [0.1, 0.15) is 37.7 Å². The zero-order valence-electron chi connectivity index (χ0n) is 12.0. The molecule has 0 saturated heterocycles. The van der Waals surface area contributed by atoms with Crippen LogP contribution in [-0.2, 0) is 6.42 Å². The lowest BCUT2D eigenvalue weighted by Crippen LogP contribution is -2.52. The normalized spacial score (nSPS) is 40.0. The molecule has 0 aliphatic heterocycles. The first kappa shape index (κ1) is 13.3. The molecule has 0 heterocycles. The number of rotatable bonds is 3. The van der Waals surface area contributed by atoms with E-state index < -0.39 is 0 Å². The standard InChI is InChI=1S/C18H24BrN/c19-16-4-2-1-3-13(16)10-17(20)18-14-6-11-5-12(8-14)9-15(18)7-11/h1-4,11-12,14-15,17-18H,5-10,20H2. The average molecular weight is 334 g/mol. The highest BCUT2D eigenvalue weighted by Crippen LogP contribution is 2.57. The van der Waals surface area contributed by atoms with E-state index in [1.807, 2.05) is 0 Å². The van der Waals surface area contributed by atoms with Gasteiger partial charge in [0.2, 0.25) is 0 Å². The molecule has 1 aromatic rings. The van der Waals surface area contributed by atoms with Gasteiger partial charge in [0.15, 0.2) is 0 Å². The molecule has 4 aliphatic carbocycles. The number of nitrogens with two attached hydrogens (primary N) is 1. The molecule has 4 fully saturated rings. The summed E-state index contributed by atoms with van der Waals surface area (Å²) in [5, 5.41) is 0. The maximum atomic E-state index is 6.68. The molecule has 2 heteroatoms. The molecular formula is C18H24BrN. The summed E-state index contributed by atoms with van der Waals surface area (Å²) >= 11 is 3.67. The lowest BCUT2D eigenvalue weighted by molar-refractivity contribution is -0.0465. The monoisotopic (exact) mass is 333 g/mol. The summed E-state index contributed by atoms with van der Waals surface area (Å²) < 4.78 is 1.22. The summed E-state index contributed by atoms with van der Waals surface area (Å²) in [5.74, 6) is 4.75. The summed E-state index contributed by atoms with van der Waals surface area (Å²) in [7, 11) is 0. The van der Waals surface area contributed by atoms with Gasteiger partial charge in [-0.2, -0.15) is 0 Å². The highest BCUT2D eigenvalue weighted by Gasteiger charge is 2.49. The van der Waals surface area contributed by atoms with Crippen LogP contribution in [0.3, 0.4) is 0 Å². The third-order valence-corrected chi connectivity index (χ3v) is 6.98. The third-order valence-electron chi connectivity index (χ3n) is 6.21. The predicted octanol–water partition coefficient (Wildman–Crippen LogP) is 4.39. The van der Waals surface area contributed by atoms with Crippen molar-refractivity contribution >= 4 is 15.9 Å². The van der Waals surface area contributed by atoms with E-state index in [0.29, 0.717) is 6.04 Å². The van der Waals surface area contributed by atoms with Crippen LogP contribution in [0.25, 0.3) is 0 Å². The van der Waals surface area contributed by atoms with Crippen LogP contribution in [0.5, 0.6) is 0 Å². The second kappa shape index (κ2) is 5.14. The van der Waals surface area contributed by atoms with Crippen LogP contribution in [0.4, 0.5) is 0 Å². The molecule has 1 unspecified atom stereocenters. The lowest BCUT2D eigenvalue weighted by atomic mass is 9.50. The van der Waals surface area contributed by atoms with Gasteiger partial charge < -0.3 is 5.73 Å². The molecule has 108 valence electrons. The number of hydrogen-bond donors (Lipinski definition) is 1. The van der Waals surface area contributed by atoms with Crippen LogP contribution in [0, 0.1) is 29.6 Å². The van der Waals surface area contributed by atoms with Gasteiger partial charge in [0.05, 0.1) is 0 Å². The van der Waals surface area contributed by atoms with Gasteiger partial charge in [0.1, 0.15) is 0 Å². The first-order chi connectivity index (χ1) is 9.70. The van der Waals surface area contributed by atoms with Crippen molar-refractivity contribution in [3.63, 3.8) is 0 Å². The molecule has 0 amide bonds. The Morgan fingerprint density at radius 1 is 1.00 bits per heavy atom. The molecule has 0 radical (unpaired) electrons. The molecule has 20 heavy (non-hydrogen) atoms. The van der Waals surface area contributed by atoms with E-state index in [-0.39, 0.29) is 0 Å². The summed E-state index contributed by atoms with van der Waals surface area (Å²) in [6.45, 7) is 0. The fourth-order valence-electron chi connectivity index (χ4n) is 5.72. The fourth-order valence-corrected chi connectivity index (χ4v) is 6.17. The molecule has 1 atom stereocenters. The minimum Gasteiger partial charge on any atom is -0.327 e. The average Bonchev–Trinajstić information content (AvgIpc) is 2.40. The fraction of sp³-hybridized carbons (Fsp3) is 0.667. The smallest absolute Gasteiger partial charge is 0.0207 e. The van der Waals surface area contributed by atoms with E-state index in [2.05, 4.69) is 40.2 Å². The lowest BCUT2D eigenvalue weighted by Gasteiger charge is -2.56. The van der Waals surface area contributed by atoms with Crippen molar-refractivity contribution in [2.75, 3.05) is 0 Å². The Hall–Kier alpha value is -0.340. The van der Waals surface area contributed by atoms with Crippen molar-refractivity contribution in [1.82, 2.24) is 0 Å². The molecule has 2 N–H and O–H groups in total. The van der Waals surface area contributed by atoms with E-state index in [9.17, 15) is 0 Å². The second-order valence-electron chi connectivity index (χ2n) is 7.47. The summed E-state index contributed by atoms with van der Waals surface area (Å²) in [4.78, 5) is 0. The Morgan fingerprint density at radius 2 is 1.60 bits per heavy atom. The van der Waals surface area contributed by atoms with Crippen molar-refractivity contribution in [3.05, 3.63) is 34.3 Å². The van der Waals surface area contributed by atoms with Gasteiger partial charge in [0.25, 0.3) is 0 Å². The van der Waals surface area contributed by atoms with Gasteiger partial charge in [0, 0.05) is 10.5 Å². The zero-order valence-corrected chi connectivity index (χ0v) is 13.6. The van der Waals surface area contributed by atoms with E-state index >= 15 is 0 Å². The molecule has 1 nitrogen and oxygen atoms in total. The molecule has 0 spiro atoms. The van der Waals surface area contributed by atoms with Gasteiger partial charge >= 0.3 is 0 Å². The quantitative estimate of drug-likeness (QED) is 0.872. The molecule has 0 aromatic heterocycles. The Balaban J connectivity index is 1.51. The molecule has 4 bridgehead atoms. The topological polar surface area (TPSA) is 26.0 Å². The van der Waals surface area contributed by atoms with E-state index in [1.165, 1.54) is 42.1 Å².